The van der Waals surface area contributed by atoms with Gasteiger partial charge in [0.1, 0.15) is 6.26 Å². The minimum atomic E-state index is 0.544. The van der Waals surface area contributed by atoms with Gasteiger partial charge in [0, 0.05) is 12.4 Å². The van der Waals surface area contributed by atoms with Crippen molar-refractivity contribution < 1.29 is 4.42 Å². The number of imidazole rings is 1. The van der Waals surface area contributed by atoms with E-state index in [9.17, 15) is 0 Å². The summed E-state index contributed by atoms with van der Waals surface area (Å²) in [4.78, 5) is 7.61. The van der Waals surface area contributed by atoms with Crippen LogP contribution in [0.1, 0.15) is 0 Å². The summed E-state index contributed by atoms with van der Waals surface area (Å²) in [5, 5.41) is 0. The van der Waals surface area contributed by atoms with E-state index in [4.69, 9.17) is 4.42 Å². The molecule has 50 valence electrons. The van der Waals surface area contributed by atoms with Crippen LogP contribution in [0, 0.1) is 0 Å². The quantitative estimate of drug-likeness (QED) is 0.552. The molecule has 0 aliphatic rings. The van der Waals surface area contributed by atoms with Gasteiger partial charge in [-0.05, 0) is 6.72 Å². The molecule has 0 aromatic carbocycles. The first-order valence-electron chi connectivity index (χ1n) is 2.79. The van der Waals surface area contributed by atoms with Crippen molar-refractivity contribution in [3.05, 3.63) is 18.7 Å². The third kappa shape index (κ3) is 0.500. The molecule has 0 radical (unpaired) electrons. The summed E-state index contributed by atoms with van der Waals surface area (Å²) in [7, 11) is 0. The Morgan fingerprint density at radius 1 is 1.70 bits per heavy atom. The second kappa shape index (κ2) is 1.70. The molecule has 4 heteroatoms. The molecular formula is C6H5N3O. The molecular weight excluding hydrogens is 130 g/mol. The van der Waals surface area contributed by atoms with E-state index in [1.165, 1.54) is 6.26 Å². The van der Waals surface area contributed by atoms with Crippen molar-refractivity contribution in [2.75, 3.05) is 0 Å². The lowest BCUT2D eigenvalue weighted by Gasteiger charge is -1.81. The van der Waals surface area contributed by atoms with E-state index >= 15 is 0 Å². The Morgan fingerprint density at radius 2 is 2.60 bits per heavy atom. The van der Waals surface area contributed by atoms with E-state index in [1.54, 1.807) is 16.8 Å². The number of aromatic nitrogens is 2. The first kappa shape index (κ1) is 5.22. The maximum Gasteiger partial charge on any atom is 0.307 e. The van der Waals surface area contributed by atoms with Gasteiger partial charge in [-0.2, -0.15) is 0 Å². The Hall–Kier alpha value is -1.58. The second-order valence-corrected chi connectivity index (χ2v) is 1.83. The molecule has 0 atom stereocenters. The highest BCUT2D eigenvalue weighted by Crippen LogP contribution is 2.14. The van der Waals surface area contributed by atoms with Crippen molar-refractivity contribution in [3.8, 4) is 0 Å². The van der Waals surface area contributed by atoms with Gasteiger partial charge in [-0.1, -0.05) is 0 Å². The van der Waals surface area contributed by atoms with Crippen molar-refractivity contribution in [2.24, 2.45) is 4.99 Å². The Morgan fingerprint density at radius 3 is 3.40 bits per heavy atom. The molecule has 0 N–H and O–H groups in total. The van der Waals surface area contributed by atoms with Crippen molar-refractivity contribution in [1.29, 1.82) is 0 Å². The van der Waals surface area contributed by atoms with Crippen molar-refractivity contribution in [2.45, 2.75) is 0 Å². The van der Waals surface area contributed by atoms with Gasteiger partial charge in [-0.15, -0.1) is 0 Å². The van der Waals surface area contributed by atoms with Gasteiger partial charge in [0.2, 0.25) is 0 Å². The van der Waals surface area contributed by atoms with Gasteiger partial charge in [0.05, 0.1) is 0 Å². The average molecular weight is 135 g/mol. The van der Waals surface area contributed by atoms with Crippen LogP contribution in [0.15, 0.2) is 28.1 Å². The number of hydrogen-bond donors (Lipinski definition) is 0. The van der Waals surface area contributed by atoms with E-state index in [1.807, 2.05) is 0 Å². The maximum absolute atomic E-state index is 5.00. The number of oxazole rings is 1. The maximum atomic E-state index is 5.00. The predicted molar refractivity (Wildman–Crippen MR) is 36.7 cm³/mol. The molecule has 10 heavy (non-hydrogen) atoms. The summed E-state index contributed by atoms with van der Waals surface area (Å²) < 4.78 is 6.71. The molecule has 0 aliphatic carbocycles. The minimum Gasteiger partial charge on any atom is -0.429 e. The molecule has 0 saturated carbocycles. The molecule has 0 aliphatic heterocycles. The van der Waals surface area contributed by atoms with Gasteiger partial charge in [0.25, 0.3) is 0 Å². The van der Waals surface area contributed by atoms with Gasteiger partial charge in [0.15, 0.2) is 5.82 Å². The van der Waals surface area contributed by atoms with Crippen LogP contribution in [-0.4, -0.2) is 16.1 Å². The molecule has 0 saturated heterocycles. The standard InChI is InChI=1S/C6H5N3O/c1-7-5-4-10-6-8-2-3-9(5)6/h2-4H,1H2. The molecule has 2 aromatic rings. The largest absolute Gasteiger partial charge is 0.429 e. The molecule has 0 bridgehead atoms. The summed E-state index contributed by atoms with van der Waals surface area (Å²) in [5.41, 5.74) is 0. The van der Waals surface area contributed by atoms with E-state index in [0.29, 0.717) is 11.7 Å². The smallest absolute Gasteiger partial charge is 0.307 e. The highest BCUT2D eigenvalue weighted by molar-refractivity contribution is 5.43. The van der Waals surface area contributed by atoms with E-state index in [-0.39, 0.29) is 0 Å². The fourth-order valence-corrected chi connectivity index (χ4v) is 0.827. The van der Waals surface area contributed by atoms with Crippen LogP contribution < -0.4 is 0 Å². The Labute approximate surface area is 56.8 Å². The first-order chi connectivity index (χ1) is 4.92. The normalized spacial score (nSPS) is 10.4. The Bertz CT molecular complexity index is 360. The van der Waals surface area contributed by atoms with Crippen LogP contribution in [-0.2, 0) is 0 Å². The fraction of sp³-hybridized carbons (Fsp3) is 0. The van der Waals surface area contributed by atoms with Crippen LogP contribution in [0.4, 0.5) is 5.82 Å². The van der Waals surface area contributed by atoms with Crippen LogP contribution >= 0.6 is 0 Å². The summed E-state index contributed by atoms with van der Waals surface area (Å²) >= 11 is 0. The molecule has 0 unspecified atom stereocenters. The van der Waals surface area contributed by atoms with Crippen molar-refractivity contribution in [3.63, 3.8) is 0 Å². The van der Waals surface area contributed by atoms with Gasteiger partial charge >= 0.3 is 5.84 Å². The highest BCUT2D eigenvalue weighted by Gasteiger charge is 2.00. The fourth-order valence-electron chi connectivity index (χ4n) is 0.827. The van der Waals surface area contributed by atoms with Crippen LogP contribution in [0.2, 0.25) is 0 Å². The number of hydrogen-bond acceptors (Lipinski definition) is 3. The van der Waals surface area contributed by atoms with Gasteiger partial charge < -0.3 is 4.42 Å². The predicted octanol–water partition coefficient (Wildman–Crippen LogP) is 1.26. The number of rotatable bonds is 1. The molecule has 2 heterocycles. The lowest BCUT2D eigenvalue weighted by Crippen LogP contribution is -1.72. The van der Waals surface area contributed by atoms with Gasteiger partial charge in [-0.25, -0.2) is 9.98 Å². The highest BCUT2D eigenvalue weighted by atomic mass is 16.3. The summed E-state index contributed by atoms with van der Waals surface area (Å²) in [5.74, 6) is 1.22. The lowest BCUT2D eigenvalue weighted by molar-refractivity contribution is 0.596. The van der Waals surface area contributed by atoms with E-state index in [0.717, 1.165) is 0 Å². The zero-order chi connectivity index (χ0) is 6.97. The van der Waals surface area contributed by atoms with Crippen LogP contribution in [0.25, 0.3) is 5.84 Å². The molecule has 2 aromatic heterocycles. The van der Waals surface area contributed by atoms with Crippen LogP contribution in [0.5, 0.6) is 0 Å². The van der Waals surface area contributed by atoms with Crippen molar-refractivity contribution in [1.82, 2.24) is 9.38 Å². The SMILES string of the molecule is C=Nc1coc2nccn12. The zero-order valence-electron chi connectivity index (χ0n) is 5.19. The molecule has 0 spiro atoms. The monoisotopic (exact) mass is 135 g/mol. The molecule has 0 fully saturated rings. The summed E-state index contributed by atoms with van der Waals surface area (Å²) in [6.07, 6.45) is 4.92. The van der Waals surface area contributed by atoms with E-state index < -0.39 is 0 Å². The third-order valence-corrected chi connectivity index (χ3v) is 1.29. The topological polar surface area (TPSA) is 42.8 Å². The average Bonchev–Trinajstić information content (AvgIpc) is 2.44. The number of fused-ring (bicyclic) bond motifs is 1. The first-order valence-corrected chi connectivity index (χ1v) is 2.79. The number of aliphatic imine (C=N–C) groups is 1. The van der Waals surface area contributed by atoms with Gasteiger partial charge in [-0.3, -0.25) is 4.40 Å². The van der Waals surface area contributed by atoms with E-state index in [2.05, 4.69) is 16.7 Å². The second-order valence-electron chi connectivity index (χ2n) is 1.83. The summed E-state index contributed by atoms with van der Waals surface area (Å²) in [6.45, 7) is 3.37. The molecule has 2 rings (SSSR count). The third-order valence-electron chi connectivity index (χ3n) is 1.29. The zero-order valence-corrected chi connectivity index (χ0v) is 5.19. The molecule has 0 amide bonds. The Balaban J connectivity index is 2.88. The van der Waals surface area contributed by atoms with Crippen molar-refractivity contribution >= 4 is 18.4 Å². The van der Waals surface area contributed by atoms with Crippen LogP contribution in [0.3, 0.4) is 0 Å². The molecule has 4 nitrogen and oxygen atoms in total. The minimum absolute atomic E-state index is 0.544. The number of nitrogens with zero attached hydrogens (tertiary/aromatic N) is 3. The Kier molecular flexibility index (Phi) is 0.887. The lowest BCUT2D eigenvalue weighted by atomic mass is 10.7. The summed E-state index contributed by atoms with van der Waals surface area (Å²) in [6, 6.07) is 0.